The van der Waals surface area contributed by atoms with E-state index in [-0.39, 0.29) is 0 Å². The van der Waals surface area contributed by atoms with Crippen LogP contribution in [0.3, 0.4) is 0 Å². The third-order valence-electron chi connectivity index (χ3n) is 2.98. The van der Waals surface area contributed by atoms with E-state index in [0.717, 1.165) is 5.56 Å². The normalized spacial score (nSPS) is 10.6. The van der Waals surface area contributed by atoms with E-state index in [0.29, 0.717) is 33.6 Å². The van der Waals surface area contributed by atoms with Gasteiger partial charge < -0.3 is 14.1 Å². The zero-order chi connectivity index (χ0) is 15.0. The Morgan fingerprint density at radius 1 is 1.33 bits per heavy atom. The quantitative estimate of drug-likeness (QED) is 0.677. The van der Waals surface area contributed by atoms with Crippen molar-refractivity contribution >= 4 is 28.6 Å². The summed E-state index contributed by atoms with van der Waals surface area (Å²) in [5, 5.41) is 0.471. The van der Waals surface area contributed by atoms with Gasteiger partial charge >= 0.3 is 0 Å². The first-order valence-corrected chi connectivity index (χ1v) is 6.46. The molecule has 0 atom stereocenters. The molecule has 6 nitrogen and oxygen atoms in total. The molecule has 21 heavy (non-hydrogen) atoms. The third kappa shape index (κ3) is 2.39. The van der Waals surface area contributed by atoms with Gasteiger partial charge in [0.2, 0.25) is 5.88 Å². The van der Waals surface area contributed by atoms with Crippen LogP contribution in [0, 0.1) is 13.5 Å². The number of nitrogens with zero attached hydrogens (tertiary/aromatic N) is 5. The molecule has 0 aliphatic heterocycles. The van der Waals surface area contributed by atoms with Crippen LogP contribution < -0.4 is 4.74 Å². The van der Waals surface area contributed by atoms with Gasteiger partial charge in [-0.15, -0.1) is 4.98 Å². The zero-order valence-corrected chi connectivity index (χ0v) is 12.1. The Bertz CT molecular complexity index is 881. The van der Waals surface area contributed by atoms with Gasteiger partial charge in [-0.05, 0) is 18.6 Å². The topological polar surface area (TPSA) is 57.2 Å². The molecular weight excluding hydrogens is 290 g/mol. The SMILES string of the molecule is [C-]#[N+]c1cc(C)c(Oc2cc(Cl)c3ncn(C)c3n2)cn1. The zero-order valence-electron chi connectivity index (χ0n) is 11.3. The van der Waals surface area contributed by atoms with Gasteiger partial charge in [-0.1, -0.05) is 18.2 Å². The van der Waals surface area contributed by atoms with E-state index in [1.165, 1.54) is 6.20 Å². The Kier molecular flexibility index (Phi) is 3.20. The second-order valence-corrected chi connectivity index (χ2v) is 4.90. The molecule has 0 aromatic carbocycles. The summed E-state index contributed by atoms with van der Waals surface area (Å²) in [5.41, 5.74) is 2.07. The van der Waals surface area contributed by atoms with Crippen LogP contribution in [-0.4, -0.2) is 19.5 Å². The molecule has 3 aromatic heterocycles. The van der Waals surface area contributed by atoms with Crippen LogP contribution in [0.15, 0.2) is 24.7 Å². The summed E-state index contributed by atoms with van der Waals surface area (Å²) >= 11 is 6.18. The smallest absolute Gasteiger partial charge is 0.269 e. The van der Waals surface area contributed by atoms with E-state index in [1.807, 2.05) is 14.0 Å². The Hall–Kier alpha value is -2.65. The summed E-state index contributed by atoms with van der Waals surface area (Å²) in [4.78, 5) is 15.8. The fourth-order valence-corrected chi connectivity index (χ4v) is 2.13. The molecule has 0 fully saturated rings. The number of imidazole rings is 1. The lowest BCUT2D eigenvalue weighted by molar-refractivity contribution is 0.459. The van der Waals surface area contributed by atoms with Gasteiger partial charge in [0, 0.05) is 13.1 Å². The summed E-state index contributed by atoms with van der Waals surface area (Å²) in [7, 11) is 1.83. The lowest BCUT2D eigenvalue weighted by Gasteiger charge is -2.07. The van der Waals surface area contributed by atoms with Gasteiger partial charge in [-0.3, -0.25) is 0 Å². The first kappa shape index (κ1) is 13.3. The summed E-state index contributed by atoms with van der Waals surface area (Å²) < 4.78 is 7.49. The number of rotatable bonds is 2. The fourth-order valence-electron chi connectivity index (χ4n) is 1.90. The largest absolute Gasteiger partial charge is 0.435 e. The van der Waals surface area contributed by atoms with Crippen LogP contribution in [0.1, 0.15) is 5.56 Å². The molecule has 104 valence electrons. The Labute approximate surface area is 125 Å². The number of pyridine rings is 2. The fraction of sp³-hybridized carbons (Fsp3) is 0.143. The maximum atomic E-state index is 6.94. The monoisotopic (exact) mass is 299 g/mol. The molecule has 0 unspecified atom stereocenters. The number of ether oxygens (including phenoxy) is 1. The Morgan fingerprint density at radius 2 is 2.14 bits per heavy atom. The van der Waals surface area contributed by atoms with Gasteiger partial charge in [0.05, 0.1) is 11.3 Å². The van der Waals surface area contributed by atoms with Crippen LogP contribution >= 0.6 is 11.6 Å². The number of aryl methyl sites for hydroxylation is 2. The van der Waals surface area contributed by atoms with E-state index in [2.05, 4.69) is 19.8 Å². The first-order chi connectivity index (χ1) is 10.1. The molecule has 3 heterocycles. The van der Waals surface area contributed by atoms with Gasteiger partial charge in [0.15, 0.2) is 17.6 Å². The van der Waals surface area contributed by atoms with Crippen molar-refractivity contribution in [1.82, 2.24) is 19.5 Å². The average Bonchev–Trinajstić information content (AvgIpc) is 2.83. The van der Waals surface area contributed by atoms with Crippen molar-refractivity contribution in [2.45, 2.75) is 6.92 Å². The van der Waals surface area contributed by atoms with Crippen molar-refractivity contribution in [3.05, 3.63) is 46.7 Å². The van der Waals surface area contributed by atoms with Crippen molar-refractivity contribution in [2.75, 3.05) is 0 Å². The summed E-state index contributed by atoms with van der Waals surface area (Å²) in [6.45, 7) is 8.78. The predicted octanol–water partition coefficient (Wildman–Crippen LogP) is 3.67. The number of aromatic nitrogens is 4. The number of hydrogen-bond acceptors (Lipinski definition) is 4. The second kappa shape index (κ2) is 5.04. The van der Waals surface area contributed by atoms with Crippen LogP contribution in [0.4, 0.5) is 5.82 Å². The average molecular weight is 300 g/mol. The molecular formula is C14H10ClN5O. The molecule has 0 bridgehead atoms. The number of fused-ring (bicyclic) bond motifs is 1. The molecule has 0 saturated carbocycles. The molecule has 0 aliphatic rings. The lowest BCUT2D eigenvalue weighted by atomic mass is 10.3. The van der Waals surface area contributed by atoms with Crippen LogP contribution in [0.5, 0.6) is 11.6 Å². The number of hydrogen-bond donors (Lipinski definition) is 0. The molecule has 3 rings (SSSR count). The van der Waals surface area contributed by atoms with E-state index in [1.54, 1.807) is 23.0 Å². The van der Waals surface area contributed by atoms with Crippen molar-refractivity contribution < 1.29 is 4.74 Å². The van der Waals surface area contributed by atoms with E-state index >= 15 is 0 Å². The van der Waals surface area contributed by atoms with Crippen LogP contribution in [0.2, 0.25) is 5.02 Å². The van der Waals surface area contributed by atoms with Crippen molar-refractivity contribution in [3.63, 3.8) is 0 Å². The highest BCUT2D eigenvalue weighted by atomic mass is 35.5. The van der Waals surface area contributed by atoms with Crippen molar-refractivity contribution in [3.8, 4) is 11.6 Å². The molecule has 0 saturated heterocycles. The highest BCUT2D eigenvalue weighted by Gasteiger charge is 2.12. The summed E-state index contributed by atoms with van der Waals surface area (Å²) in [6.07, 6.45) is 3.15. The second-order valence-electron chi connectivity index (χ2n) is 4.49. The van der Waals surface area contributed by atoms with E-state index in [9.17, 15) is 0 Å². The molecule has 0 N–H and O–H groups in total. The highest BCUT2D eigenvalue weighted by molar-refractivity contribution is 6.34. The van der Waals surface area contributed by atoms with E-state index in [4.69, 9.17) is 22.9 Å². The van der Waals surface area contributed by atoms with Gasteiger partial charge in [0.25, 0.3) is 5.82 Å². The van der Waals surface area contributed by atoms with Crippen molar-refractivity contribution in [2.24, 2.45) is 7.05 Å². The molecule has 0 aliphatic carbocycles. The molecule has 0 spiro atoms. The van der Waals surface area contributed by atoms with Gasteiger partial charge in [-0.25, -0.2) is 4.98 Å². The van der Waals surface area contributed by atoms with Crippen LogP contribution in [-0.2, 0) is 7.05 Å². The van der Waals surface area contributed by atoms with Crippen LogP contribution in [0.25, 0.3) is 16.0 Å². The third-order valence-corrected chi connectivity index (χ3v) is 3.26. The molecule has 0 radical (unpaired) electrons. The van der Waals surface area contributed by atoms with Gasteiger partial charge in [0.1, 0.15) is 5.52 Å². The predicted molar refractivity (Wildman–Crippen MR) is 78.8 cm³/mol. The maximum absolute atomic E-state index is 6.94. The standard InChI is InChI=1S/C14H10ClN5O/c1-8-4-11(16-2)17-6-10(8)21-12-5-9(15)13-14(19-12)20(3)7-18-13/h4-7H,1,3H3. The summed E-state index contributed by atoms with van der Waals surface area (Å²) in [5.74, 6) is 1.22. The van der Waals surface area contributed by atoms with E-state index < -0.39 is 0 Å². The summed E-state index contributed by atoms with van der Waals surface area (Å²) in [6, 6.07) is 3.27. The minimum Gasteiger partial charge on any atom is -0.435 e. The molecule has 0 amide bonds. The van der Waals surface area contributed by atoms with Gasteiger partial charge in [-0.2, -0.15) is 4.98 Å². The number of halogens is 1. The molecule has 7 heteroatoms. The first-order valence-electron chi connectivity index (χ1n) is 6.08. The Balaban J connectivity index is 2.02. The van der Waals surface area contributed by atoms with Crippen molar-refractivity contribution in [1.29, 1.82) is 0 Å². The molecule has 3 aromatic rings. The Morgan fingerprint density at radius 3 is 2.86 bits per heavy atom. The minimum atomic E-state index is 0.327. The maximum Gasteiger partial charge on any atom is 0.269 e. The highest BCUT2D eigenvalue weighted by Crippen LogP contribution is 2.29. The lowest BCUT2D eigenvalue weighted by Crippen LogP contribution is -1.94. The minimum absolute atomic E-state index is 0.327.